The van der Waals surface area contributed by atoms with Crippen molar-refractivity contribution < 1.29 is 19.0 Å². The zero-order chi connectivity index (χ0) is 14.4. The lowest BCUT2D eigenvalue weighted by Crippen LogP contribution is -2.40. The molecule has 1 aliphatic heterocycles. The van der Waals surface area contributed by atoms with E-state index in [1.807, 2.05) is 0 Å². The molecule has 1 amide bonds. The lowest BCUT2D eigenvalue weighted by atomic mass is 10.1. The lowest BCUT2D eigenvalue weighted by Gasteiger charge is -2.27. The summed E-state index contributed by atoms with van der Waals surface area (Å²) in [7, 11) is 1.55. The zero-order valence-corrected chi connectivity index (χ0v) is 11.6. The summed E-state index contributed by atoms with van der Waals surface area (Å²) in [5.74, 6) is 1.14. The second kappa shape index (κ2) is 6.96. The molecule has 1 saturated heterocycles. The SMILES string of the molecule is C=CCOc1ccc(C(=O)N2CCOCC2)cc1OC. The van der Waals surface area contributed by atoms with Crippen molar-refractivity contribution in [3.8, 4) is 11.5 Å². The molecule has 5 heteroatoms. The maximum Gasteiger partial charge on any atom is 0.254 e. The van der Waals surface area contributed by atoms with Gasteiger partial charge in [0.15, 0.2) is 11.5 Å². The fraction of sp³-hybridized carbons (Fsp3) is 0.400. The summed E-state index contributed by atoms with van der Waals surface area (Å²) in [5, 5.41) is 0. The average molecular weight is 277 g/mol. The van der Waals surface area contributed by atoms with Crippen molar-refractivity contribution in [2.45, 2.75) is 0 Å². The van der Waals surface area contributed by atoms with Crippen LogP contribution >= 0.6 is 0 Å². The van der Waals surface area contributed by atoms with E-state index in [4.69, 9.17) is 14.2 Å². The monoisotopic (exact) mass is 277 g/mol. The van der Waals surface area contributed by atoms with Gasteiger partial charge in [0.25, 0.3) is 5.91 Å². The summed E-state index contributed by atoms with van der Waals surface area (Å²) in [6.45, 7) is 6.41. The third-order valence-corrected chi connectivity index (χ3v) is 3.07. The van der Waals surface area contributed by atoms with E-state index in [1.165, 1.54) is 0 Å². The van der Waals surface area contributed by atoms with E-state index in [2.05, 4.69) is 6.58 Å². The van der Waals surface area contributed by atoms with Crippen LogP contribution in [0.3, 0.4) is 0 Å². The van der Waals surface area contributed by atoms with Crippen molar-refractivity contribution in [1.29, 1.82) is 0 Å². The lowest BCUT2D eigenvalue weighted by molar-refractivity contribution is 0.0302. The maximum absolute atomic E-state index is 12.4. The number of carbonyl (C=O) groups excluding carboxylic acids is 1. The van der Waals surface area contributed by atoms with Crippen molar-refractivity contribution in [3.63, 3.8) is 0 Å². The first-order valence-electron chi connectivity index (χ1n) is 6.55. The topological polar surface area (TPSA) is 48.0 Å². The highest BCUT2D eigenvalue weighted by Crippen LogP contribution is 2.28. The van der Waals surface area contributed by atoms with Crippen molar-refractivity contribution in [2.24, 2.45) is 0 Å². The first-order chi connectivity index (χ1) is 9.76. The van der Waals surface area contributed by atoms with Crippen LogP contribution in [0.15, 0.2) is 30.9 Å². The summed E-state index contributed by atoms with van der Waals surface area (Å²) in [6, 6.07) is 5.20. The van der Waals surface area contributed by atoms with E-state index < -0.39 is 0 Å². The number of carbonyl (C=O) groups is 1. The molecule has 108 valence electrons. The van der Waals surface area contributed by atoms with E-state index >= 15 is 0 Å². The maximum atomic E-state index is 12.4. The van der Waals surface area contributed by atoms with Gasteiger partial charge in [-0.1, -0.05) is 12.7 Å². The summed E-state index contributed by atoms with van der Waals surface area (Å²) < 4.78 is 16.0. The summed E-state index contributed by atoms with van der Waals surface area (Å²) in [6.07, 6.45) is 1.66. The molecule has 20 heavy (non-hydrogen) atoms. The van der Waals surface area contributed by atoms with Crippen LogP contribution in [0.4, 0.5) is 0 Å². The van der Waals surface area contributed by atoms with Crippen molar-refractivity contribution in [3.05, 3.63) is 36.4 Å². The van der Waals surface area contributed by atoms with Crippen molar-refractivity contribution >= 4 is 5.91 Å². The molecule has 1 aliphatic rings. The second-order valence-electron chi connectivity index (χ2n) is 4.37. The van der Waals surface area contributed by atoms with Crippen LogP contribution in [-0.4, -0.2) is 50.8 Å². The number of methoxy groups -OCH3 is 1. The Morgan fingerprint density at radius 3 is 2.80 bits per heavy atom. The molecule has 0 spiro atoms. The number of ether oxygens (including phenoxy) is 3. The number of morpholine rings is 1. The van der Waals surface area contributed by atoms with E-state index in [0.29, 0.717) is 50.0 Å². The van der Waals surface area contributed by atoms with Crippen LogP contribution < -0.4 is 9.47 Å². The van der Waals surface area contributed by atoms with Gasteiger partial charge in [-0.05, 0) is 18.2 Å². The van der Waals surface area contributed by atoms with E-state index in [1.54, 1.807) is 36.3 Å². The van der Waals surface area contributed by atoms with Crippen LogP contribution in [0.25, 0.3) is 0 Å². The molecule has 0 radical (unpaired) electrons. The van der Waals surface area contributed by atoms with E-state index in [0.717, 1.165) is 0 Å². The van der Waals surface area contributed by atoms with Gasteiger partial charge in [0.2, 0.25) is 0 Å². The Kier molecular flexibility index (Phi) is 5.01. The molecule has 0 bridgehead atoms. The minimum atomic E-state index is -0.0122. The number of benzene rings is 1. The molecule has 0 aliphatic carbocycles. The molecule has 0 aromatic heterocycles. The molecule has 1 heterocycles. The predicted molar refractivity (Wildman–Crippen MR) is 75.4 cm³/mol. The van der Waals surface area contributed by atoms with Gasteiger partial charge < -0.3 is 19.1 Å². The van der Waals surface area contributed by atoms with Crippen LogP contribution in [0, 0.1) is 0 Å². The molecule has 0 saturated carbocycles. The average Bonchev–Trinajstić information content (AvgIpc) is 2.52. The van der Waals surface area contributed by atoms with Gasteiger partial charge >= 0.3 is 0 Å². The number of rotatable bonds is 5. The van der Waals surface area contributed by atoms with E-state index in [9.17, 15) is 4.79 Å². The highest BCUT2D eigenvalue weighted by atomic mass is 16.5. The first kappa shape index (κ1) is 14.4. The van der Waals surface area contributed by atoms with Crippen LogP contribution in [0.2, 0.25) is 0 Å². The highest BCUT2D eigenvalue weighted by Gasteiger charge is 2.19. The molecule has 0 unspecified atom stereocenters. The first-order valence-corrected chi connectivity index (χ1v) is 6.55. The summed E-state index contributed by atoms with van der Waals surface area (Å²) in [5.41, 5.74) is 0.592. The normalized spacial score (nSPS) is 14.8. The predicted octanol–water partition coefficient (Wildman–Crippen LogP) is 1.73. The van der Waals surface area contributed by atoms with E-state index in [-0.39, 0.29) is 5.91 Å². The largest absolute Gasteiger partial charge is 0.493 e. The zero-order valence-electron chi connectivity index (χ0n) is 11.6. The molecule has 0 N–H and O–H groups in total. The smallest absolute Gasteiger partial charge is 0.254 e. The van der Waals surface area contributed by atoms with Crippen LogP contribution in [-0.2, 0) is 4.74 Å². The summed E-state index contributed by atoms with van der Waals surface area (Å²) >= 11 is 0. The standard InChI is InChI=1S/C15H19NO4/c1-3-8-20-13-5-4-12(11-14(13)18-2)15(17)16-6-9-19-10-7-16/h3-5,11H,1,6-10H2,2H3. The Balaban J connectivity index is 2.15. The molecule has 5 nitrogen and oxygen atoms in total. The number of hydrogen-bond acceptors (Lipinski definition) is 4. The molecule has 2 rings (SSSR count). The molecule has 1 aromatic carbocycles. The Hall–Kier alpha value is -2.01. The Labute approximate surface area is 118 Å². The van der Waals surface area contributed by atoms with Gasteiger partial charge in [0.1, 0.15) is 6.61 Å². The fourth-order valence-electron chi connectivity index (χ4n) is 2.02. The van der Waals surface area contributed by atoms with Gasteiger partial charge in [-0.2, -0.15) is 0 Å². The van der Waals surface area contributed by atoms with Crippen LogP contribution in [0.1, 0.15) is 10.4 Å². The van der Waals surface area contributed by atoms with Gasteiger partial charge in [0, 0.05) is 18.7 Å². The van der Waals surface area contributed by atoms with Gasteiger partial charge in [0.05, 0.1) is 20.3 Å². The Bertz CT molecular complexity index is 481. The van der Waals surface area contributed by atoms with Crippen molar-refractivity contribution in [1.82, 2.24) is 4.90 Å². The van der Waals surface area contributed by atoms with Crippen molar-refractivity contribution in [2.75, 3.05) is 40.0 Å². The van der Waals surface area contributed by atoms with Gasteiger partial charge in [-0.15, -0.1) is 0 Å². The summed E-state index contributed by atoms with van der Waals surface area (Å²) in [4.78, 5) is 14.1. The van der Waals surface area contributed by atoms with Crippen LogP contribution in [0.5, 0.6) is 11.5 Å². The number of hydrogen-bond donors (Lipinski definition) is 0. The third-order valence-electron chi connectivity index (χ3n) is 3.07. The molecular formula is C15H19NO4. The second-order valence-corrected chi connectivity index (χ2v) is 4.37. The molecule has 1 fully saturated rings. The third kappa shape index (κ3) is 3.30. The fourth-order valence-corrected chi connectivity index (χ4v) is 2.02. The Morgan fingerprint density at radius 1 is 1.40 bits per heavy atom. The molecule has 0 atom stereocenters. The van der Waals surface area contributed by atoms with Gasteiger partial charge in [-0.25, -0.2) is 0 Å². The molecular weight excluding hydrogens is 258 g/mol. The van der Waals surface area contributed by atoms with Gasteiger partial charge in [-0.3, -0.25) is 4.79 Å². The Morgan fingerprint density at radius 2 is 2.15 bits per heavy atom. The highest BCUT2D eigenvalue weighted by molar-refractivity contribution is 5.95. The number of nitrogens with zero attached hydrogens (tertiary/aromatic N) is 1. The number of amides is 1. The molecule has 1 aromatic rings. The minimum Gasteiger partial charge on any atom is -0.493 e. The quantitative estimate of drug-likeness (QED) is 0.769. The minimum absolute atomic E-state index is 0.0122.